The highest BCUT2D eigenvalue weighted by molar-refractivity contribution is 5.27. The Morgan fingerprint density at radius 1 is 1.73 bits per heavy atom. The lowest BCUT2D eigenvalue weighted by atomic mass is 9.90. The van der Waals surface area contributed by atoms with E-state index in [2.05, 4.69) is 0 Å². The molecule has 0 aromatic carbocycles. The molecule has 0 radical (unpaired) electrons. The van der Waals surface area contributed by atoms with Gasteiger partial charge in [-0.2, -0.15) is 5.26 Å². The van der Waals surface area contributed by atoms with Gasteiger partial charge in [0.05, 0.1) is 0 Å². The molecule has 0 aliphatic heterocycles. The van der Waals surface area contributed by atoms with Gasteiger partial charge in [0.2, 0.25) is 6.04 Å². The molecule has 80 valence electrons. The van der Waals surface area contributed by atoms with E-state index in [1.54, 1.807) is 26.0 Å². The topological polar surface area (TPSA) is 76.2 Å². The molecule has 0 bridgehead atoms. The van der Waals surface area contributed by atoms with Crippen molar-refractivity contribution < 1.29 is 9.66 Å². The maximum absolute atomic E-state index is 10.7. The van der Waals surface area contributed by atoms with E-state index in [9.17, 15) is 10.1 Å². The fourth-order valence-electron chi connectivity index (χ4n) is 1.69. The first-order chi connectivity index (χ1) is 7.06. The Labute approximate surface area is 87.8 Å². The zero-order valence-electron chi connectivity index (χ0n) is 8.64. The van der Waals surface area contributed by atoms with Crippen molar-refractivity contribution in [3.05, 3.63) is 33.6 Å². The normalized spacial score (nSPS) is 24.9. The van der Waals surface area contributed by atoms with E-state index in [1.807, 2.05) is 6.07 Å². The summed E-state index contributed by atoms with van der Waals surface area (Å²) in [5.41, 5.74) is 0.655. The van der Waals surface area contributed by atoms with E-state index in [4.69, 9.17) is 10.00 Å². The van der Waals surface area contributed by atoms with Crippen LogP contribution in [0.5, 0.6) is 0 Å². The molecule has 0 amide bonds. The van der Waals surface area contributed by atoms with Crippen molar-refractivity contribution in [3.8, 4) is 6.07 Å². The van der Waals surface area contributed by atoms with Crippen LogP contribution in [0.15, 0.2) is 23.5 Å². The lowest BCUT2D eigenvalue weighted by molar-refractivity contribution is -0.518. The third-order valence-electron chi connectivity index (χ3n) is 2.29. The van der Waals surface area contributed by atoms with Crippen LogP contribution in [0.25, 0.3) is 0 Å². The fraction of sp³-hybridized carbons (Fsp3) is 0.500. The molecule has 0 spiro atoms. The van der Waals surface area contributed by atoms with Crippen molar-refractivity contribution in [2.45, 2.75) is 19.9 Å². The second-order valence-electron chi connectivity index (χ2n) is 3.49. The Kier molecular flexibility index (Phi) is 3.45. The summed E-state index contributed by atoms with van der Waals surface area (Å²) in [6.45, 7) is 3.43. The molecule has 0 fully saturated rings. The van der Waals surface area contributed by atoms with E-state index in [0.29, 0.717) is 11.3 Å². The molecule has 0 saturated heterocycles. The van der Waals surface area contributed by atoms with E-state index in [1.165, 1.54) is 0 Å². The summed E-state index contributed by atoms with van der Waals surface area (Å²) in [4.78, 5) is 10.4. The molecule has 1 aliphatic carbocycles. The second-order valence-corrected chi connectivity index (χ2v) is 3.49. The standard InChI is InChI=1S/C10H12N2O3/c1-7-5-9(15-4-3-11)6-8(2)10(7)12(13)14/h5-7,10H,4H2,1-2H3. The summed E-state index contributed by atoms with van der Waals surface area (Å²) >= 11 is 0. The predicted molar refractivity (Wildman–Crippen MR) is 53.4 cm³/mol. The molecular weight excluding hydrogens is 196 g/mol. The van der Waals surface area contributed by atoms with Crippen molar-refractivity contribution in [1.29, 1.82) is 5.26 Å². The van der Waals surface area contributed by atoms with Crippen LogP contribution in [0.4, 0.5) is 0 Å². The number of hydrogen-bond donors (Lipinski definition) is 0. The zero-order valence-corrected chi connectivity index (χ0v) is 8.64. The number of rotatable bonds is 3. The minimum Gasteiger partial charge on any atom is -0.479 e. The molecule has 1 rings (SSSR count). The van der Waals surface area contributed by atoms with Gasteiger partial charge in [0.1, 0.15) is 11.8 Å². The maximum Gasteiger partial charge on any atom is 0.240 e. The van der Waals surface area contributed by atoms with Gasteiger partial charge in [0.15, 0.2) is 6.61 Å². The first-order valence-corrected chi connectivity index (χ1v) is 4.59. The van der Waals surface area contributed by atoms with Crippen molar-refractivity contribution in [3.63, 3.8) is 0 Å². The van der Waals surface area contributed by atoms with Crippen LogP contribution < -0.4 is 0 Å². The molecule has 15 heavy (non-hydrogen) atoms. The van der Waals surface area contributed by atoms with Gasteiger partial charge in [0.25, 0.3) is 0 Å². The van der Waals surface area contributed by atoms with Crippen LogP contribution in [0, 0.1) is 27.4 Å². The summed E-state index contributed by atoms with van der Waals surface area (Å²) in [6, 6.07) is 1.17. The highest BCUT2D eigenvalue weighted by atomic mass is 16.6. The van der Waals surface area contributed by atoms with Crippen molar-refractivity contribution in [2.75, 3.05) is 6.61 Å². The number of allylic oxidation sites excluding steroid dienone is 1. The third-order valence-corrected chi connectivity index (χ3v) is 2.29. The number of nitriles is 1. The summed E-state index contributed by atoms with van der Waals surface area (Å²) < 4.78 is 5.10. The molecule has 0 aromatic rings. The fourth-order valence-corrected chi connectivity index (χ4v) is 1.69. The zero-order chi connectivity index (χ0) is 11.4. The van der Waals surface area contributed by atoms with Gasteiger partial charge >= 0.3 is 0 Å². The van der Waals surface area contributed by atoms with Crippen molar-refractivity contribution in [2.24, 2.45) is 5.92 Å². The van der Waals surface area contributed by atoms with Crippen LogP contribution in [0.2, 0.25) is 0 Å². The number of nitro groups is 1. The van der Waals surface area contributed by atoms with Gasteiger partial charge in [0, 0.05) is 16.4 Å². The summed E-state index contributed by atoms with van der Waals surface area (Å²) in [7, 11) is 0. The van der Waals surface area contributed by atoms with Crippen LogP contribution in [-0.4, -0.2) is 17.6 Å². The van der Waals surface area contributed by atoms with E-state index >= 15 is 0 Å². The maximum atomic E-state index is 10.7. The average molecular weight is 208 g/mol. The Morgan fingerprint density at radius 2 is 2.40 bits per heavy atom. The highest BCUT2D eigenvalue weighted by Crippen LogP contribution is 2.25. The van der Waals surface area contributed by atoms with Gasteiger partial charge in [-0.1, -0.05) is 6.92 Å². The molecule has 1 aliphatic rings. The van der Waals surface area contributed by atoms with Gasteiger partial charge < -0.3 is 4.74 Å². The van der Waals surface area contributed by atoms with Gasteiger partial charge in [-0.15, -0.1) is 0 Å². The Hall–Kier alpha value is -1.83. The van der Waals surface area contributed by atoms with Gasteiger partial charge in [-0.05, 0) is 19.1 Å². The van der Waals surface area contributed by atoms with Crippen LogP contribution in [-0.2, 0) is 4.74 Å². The molecule has 5 nitrogen and oxygen atoms in total. The van der Waals surface area contributed by atoms with Crippen LogP contribution in [0.3, 0.4) is 0 Å². The minimum absolute atomic E-state index is 0.0362. The second kappa shape index (κ2) is 4.60. The monoisotopic (exact) mass is 208 g/mol. The third kappa shape index (κ3) is 2.56. The summed E-state index contributed by atoms with van der Waals surface area (Å²) in [5.74, 6) is 0.332. The molecule has 2 unspecified atom stereocenters. The largest absolute Gasteiger partial charge is 0.479 e. The number of ether oxygens (including phenoxy) is 1. The molecule has 2 atom stereocenters. The molecule has 0 heterocycles. The smallest absolute Gasteiger partial charge is 0.240 e. The van der Waals surface area contributed by atoms with E-state index < -0.39 is 6.04 Å². The van der Waals surface area contributed by atoms with Crippen molar-refractivity contribution >= 4 is 0 Å². The highest BCUT2D eigenvalue weighted by Gasteiger charge is 2.31. The van der Waals surface area contributed by atoms with Gasteiger partial charge in [-0.3, -0.25) is 10.1 Å². The van der Waals surface area contributed by atoms with E-state index in [-0.39, 0.29) is 17.4 Å². The van der Waals surface area contributed by atoms with E-state index in [0.717, 1.165) is 0 Å². The first kappa shape index (κ1) is 11.2. The molecule has 5 heteroatoms. The molecule has 0 saturated carbocycles. The number of nitrogens with zero attached hydrogens (tertiary/aromatic N) is 2. The van der Waals surface area contributed by atoms with Gasteiger partial charge in [-0.25, -0.2) is 0 Å². The summed E-state index contributed by atoms with van der Waals surface area (Å²) in [5, 5.41) is 19.1. The SMILES string of the molecule is CC1=CC(OCC#N)=CC(C)C1[N+](=O)[O-]. The lowest BCUT2D eigenvalue weighted by Gasteiger charge is -2.20. The number of hydrogen-bond acceptors (Lipinski definition) is 4. The van der Waals surface area contributed by atoms with Crippen molar-refractivity contribution in [1.82, 2.24) is 0 Å². The first-order valence-electron chi connectivity index (χ1n) is 4.59. The van der Waals surface area contributed by atoms with Crippen LogP contribution in [0.1, 0.15) is 13.8 Å². The molecular formula is C10H12N2O3. The molecule has 0 aromatic heterocycles. The Morgan fingerprint density at radius 3 is 2.87 bits per heavy atom. The average Bonchev–Trinajstić information content (AvgIpc) is 2.12. The Bertz CT molecular complexity index is 365. The lowest BCUT2D eigenvalue weighted by Crippen LogP contribution is -2.30. The Balaban J connectivity index is 2.80. The summed E-state index contributed by atoms with van der Waals surface area (Å²) in [6.07, 6.45) is 3.29. The quantitative estimate of drug-likeness (QED) is 0.522. The van der Waals surface area contributed by atoms with Crippen LogP contribution >= 0.6 is 0 Å². The minimum atomic E-state index is -0.681. The predicted octanol–water partition coefficient (Wildman–Crippen LogP) is 1.65. The molecule has 0 N–H and O–H groups in total.